The molecule has 1 nitrogen and oxygen atoms in total. The van der Waals surface area contributed by atoms with Gasteiger partial charge < -0.3 is 5.11 Å². The molecule has 2 rings (SSSR count). The monoisotopic (exact) mass is 499 g/mol. The lowest BCUT2D eigenvalue weighted by Gasteiger charge is -2.31. The van der Waals surface area contributed by atoms with Crippen molar-refractivity contribution in [1.82, 2.24) is 0 Å². The van der Waals surface area contributed by atoms with Crippen LogP contribution in [0.5, 0.6) is 5.75 Å². The van der Waals surface area contributed by atoms with Crippen LogP contribution in [0.25, 0.3) is 0 Å². The highest BCUT2D eigenvalue weighted by atomic mass is 32.2. The molecule has 0 heterocycles. The Morgan fingerprint density at radius 1 is 0.529 bits per heavy atom. The minimum absolute atomic E-state index is 0.0496. The summed E-state index contributed by atoms with van der Waals surface area (Å²) in [5.74, 6) is 0.443. The Kier molecular flexibility index (Phi) is 8.09. The van der Waals surface area contributed by atoms with E-state index in [-0.39, 0.29) is 25.7 Å². The molecule has 0 fully saturated rings. The molecule has 189 valence electrons. The summed E-state index contributed by atoms with van der Waals surface area (Å²) in [6.07, 6.45) is 0. The largest absolute Gasteiger partial charge is 0.507 e. The smallest absolute Gasteiger partial charge is 0.123 e. The summed E-state index contributed by atoms with van der Waals surface area (Å²) in [6, 6.07) is 12.7. The second-order valence-electron chi connectivity index (χ2n) is 14.1. The molecule has 0 aliphatic rings. The van der Waals surface area contributed by atoms with Gasteiger partial charge in [0.05, 0.1) is 4.08 Å². The van der Waals surface area contributed by atoms with Crippen LogP contribution in [-0.2, 0) is 21.7 Å². The summed E-state index contributed by atoms with van der Waals surface area (Å²) in [7, 11) is 0. The molecule has 34 heavy (non-hydrogen) atoms. The Morgan fingerprint density at radius 3 is 1.15 bits per heavy atom. The second-order valence-corrected chi connectivity index (χ2v) is 17.8. The molecule has 0 saturated heterocycles. The fraction of sp³-hybridized carbons (Fsp3) is 0.613. The maximum atomic E-state index is 11.1. The average molecular weight is 500 g/mol. The highest BCUT2D eigenvalue weighted by Gasteiger charge is 2.30. The summed E-state index contributed by atoms with van der Waals surface area (Å²) >= 11 is 3.79. The number of aromatic hydroxyl groups is 1. The highest BCUT2D eigenvalue weighted by molar-refractivity contribution is 8.18. The molecule has 0 saturated carbocycles. The molecule has 0 amide bonds. The van der Waals surface area contributed by atoms with E-state index < -0.39 is 0 Å². The van der Waals surface area contributed by atoms with Crippen LogP contribution in [0.1, 0.15) is 119 Å². The van der Waals surface area contributed by atoms with Crippen LogP contribution in [0.2, 0.25) is 0 Å². The Hall–Kier alpha value is -1.06. The number of thioether (sulfide) groups is 2. The van der Waals surface area contributed by atoms with E-state index in [9.17, 15) is 5.11 Å². The van der Waals surface area contributed by atoms with Crippen LogP contribution >= 0.6 is 23.5 Å². The summed E-state index contributed by atoms with van der Waals surface area (Å²) in [5, 5.41) is 11.1. The van der Waals surface area contributed by atoms with Gasteiger partial charge in [0.15, 0.2) is 0 Å². The van der Waals surface area contributed by atoms with Gasteiger partial charge in [-0.1, -0.05) is 83.1 Å². The number of benzene rings is 2. The fourth-order valence-electron chi connectivity index (χ4n) is 3.81. The lowest BCUT2D eigenvalue weighted by molar-refractivity contribution is 0.422. The molecular weight excluding hydrogens is 452 g/mol. The molecule has 2 aromatic carbocycles. The minimum Gasteiger partial charge on any atom is -0.507 e. The number of phenolic OH excluding ortho intramolecular Hbond substituents is 1. The van der Waals surface area contributed by atoms with Crippen molar-refractivity contribution in [3.8, 4) is 5.75 Å². The molecule has 3 heteroatoms. The van der Waals surface area contributed by atoms with Crippen LogP contribution < -0.4 is 0 Å². The molecule has 1 radical (unpaired) electrons. The van der Waals surface area contributed by atoms with E-state index in [1.54, 1.807) is 0 Å². The lowest BCUT2D eigenvalue weighted by Crippen LogP contribution is -2.18. The first kappa shape index (κ1) is 29.2. The summed E-state index contributed by atoms with van der Waals surface area (Å²) in [5.41, 5.74) is 4.40. The van der Waals surface area contributed by atoms with Crippen LogP contribution in [-0.4, -0.2) is 9.19 Å². The summed E-state index contributed by atoms with van der Waals surface area (Å²) in [4.78, 5) is 2.50. The van der Waals surface area contributed by atoms with E-state index >= 15 is 0 Å². The summed E-state index contributed by atoms with van der Waals surface area (Å²) in [6.45, 7) is 31.2. The van der Waals surface area contributed by atoms with Gasteiger partial charge in [-0.2, -0.15) is 0 Å². The maximum Gasteiger partial charge on any atom is 0.123 e. The molecule has 0 bridgehead atoms. The molecule has 0 aromatic heterocycles. The van der Waals surface area contributed by atoms with Gasteiger partial charge in [0, 0.05) is 20.9 Å². The van der Waals surface area contributed by atoms with Crippen molar-refractivity contribution in [1.29, 1.82) is 0 Å². The quantitative estimate of drug-likeness (QED) is 0.334. The van der Waals surface area contributed by atoms with Crippen LogP contribution in [0.15, 0.2) is 34.1 Å². The topological polar surface area (TPSA) is 20.2 Å². The van der Waals surface area contributed by atoms with Gasteiger partial charge >= 0.3 is 0 Å². The van der Waals surface area contributed by atoms with Crippen molar-refractivity contribution in [2.75, 3.05) is 0 Å². The SMILES string of the molecule is CC(C)(Sc1cc(C(C)(C)C)[c]c(C(C)(C)C)c1)Sc1cc(C(C)(C)C)c(O)c(C(C)(C)C)c1. The molecule has 0 atom stereocenters. The van der Waals surface area contributed by atoms with E-state index in [2.05, 4.69) is 127 Å². The molecular formula is C31H47OS2. The van der Waals surface area contributed by atoms with Crippen LogP contribution in [0.4, 0.5) is 0 Å². The van der Waals surface area contributed by atoms with Crippen molar-refractivity contribution in [3.63, 3.8) is 0 Å². The predicted molar refractivity (Wildman–Crippen MR) is 154 cm³/mol. The first-order chi connectivity index (χ1) is 15.0. The molecule has 2 aromatic rings. The van der Waals surface area contributed by atoms with Crippen molar-refractivity contribution >= 4 is 23.5 Å². The van der Waals surface area contributed by atoms with Gasteiger partial charge in [-0.15, -0.1) is 23.5 Å². The molecule has 0 unspecified atom stereocenters. The van der Waals surface area contributed by atoms with Gasteiger partial charge in [-0.3, -0.25) is 0 Å². The van der Waals surface area contributed by atoms with E-state index in [1.807, 2.05) is 23.5 Å². The maximum absolute atomic E-state index is 11.1. The molecule has 0 spiro atoms. The van der Waals surface area contributed by atoms with Crippen molar-refractivity contribution < 1.29 is 5.11 Å². The van der Waals surface area contributed by atoms with Gasteiger partial charge in [-0.25, -0.2) is 0 Å². The number of rotatable bonds is 4. The Morgan fingerprint density at radius 2 is 0.853 bits per heavy atom. The highest BCUT2D eigenvalue weighted by Crippen LogP contribution is 2.49. The number of hydrogen-bond acceptors (Lipinski definition) is 3. The third-order valence-corrected chi connectivity index (χ3v) is 8.31. The predicted octanol–water partition coefficient (Wildman–Crippen LogP) is 10.0. The molecule has 0 aliphatic heterocycles. The van der Waals surface area contributed by atoms with Crippen LogP contribution in [0, 0.1) is 6.07 Å². The second kappa shape index (κ2) is 9.43. The first-order valence-corrected chi connectivity index (χ1v) is 14.0. The molecule has 0 aliphatic carbocycles. The summed E-state index contributed by atoms with van der Waals surface area (Å²) < 4.78 is -0.0903. The van der Waals surface area contributed by atoms with Gasteiger partial charge in [-0.05, 0) is 77.0 Å². The Labute approximate surface area is 218 Å². The number of hydrogen-bond donors (Lipinski definition) is 1. The van der Waals surface area contributed by atoms with Crippen molar-refractivity contribution in [2.45, 2.75) is 132 Å². The average Bonchev–Trinajstić information content (AvgIpc) is 2.58. The van der Waals surface area contributed by atoms with E-state index in [0.717, 1.165) is 11.1 Å². The zero-order valence-electron chi connectivity index (χ0n) is 24.1. The minimum atomic E-state index is -0.129. The van der Waals surface area contributed by atoms with Crippen molar-refractivity contribution in [2.24, 2.45) is 0 Å². The zero-order chi connectivity index (χ0) is 26.5. The van der Waals surface area contributed by atoms with E-state index in [4.69, 9.17) is 0 Å². The standard InChI is InChI=1S/C31H47OS2/c1-27(2,3)20-15-21(28(4,5)6)17-22(16-20)33-31(13,14)34-23-18-24(29(7,8)9)26(32)25(19-23)30(10,11)12/h16-19,32H,1-14H3. The van der Waals surface area contributed by atoms with Crippen LogP contribution in [0.3, 0.4) is 0 Å². The zero-order valence-corrected chi connectivity index (χ0v) is 25.7. The molecule has 1 N–H and O–H groups in total. The fourth-order valence-corrected chi connectivity index (χ4v) is 6.40. The van der Waals surface area contributed by atoms with Gasteiger partial charge in [0.1, 0.15) is 5.75 Å². The third kappa shape index (κ3) is 7.47. The normalized spacial score (nSPS) is 13.9. The first-order valence-electron chi connectivity index (χ1n) is 12.3. The Bertz CT molecular complexity index is 952. The van der Waals surface area contributed by atoms with E-state index in [1.165, 1.54) is 20.9 Å². The number of phenols is 1. The van der Waals surface area contributed by atoms with Gasteiger partial charge in [0.2, 0.25) is 0 Å². The van der Waals surface area contributed by atoms with Gasteiger partial charge in [0.25, 0.3) is 0 Å². The lowest BCUT2D eigenvalue weighted by atomic mass is 9.79. The van der Waals surface area contributed by atoms with E-state index in [0.29, 0.717) is 5.75 Å². The Balaban J connectivity index is 2.52. The third-order valence-electron chi connectivity index (χ3n) is 5.89. The van der Waals surface area contributed by atoms with Crippen molar-refractivity contribution in [3.05, 3.63) is 52.6 Å².